The number of nitrogens with two attached hydrogens (primary N) is 1. The molecule has 0 unspecified atom stereocenters. The van der Waals surface area contributed by atoms with Crippen molar-refractivity contribution in [2.45, 2.75) is 58.4 Å². The normalized spacial score (nSPS) is 18.2. The van der Waals surface area contributed by atoms with Gasteiger partial charge in [-0.2, -0.15) is 4.98 Å². The van der Waals surface area contributed by atoms with Crippen LogP contribution in [-0.4, -0.2) is 88.5 Å². The number of H-pyrrole nitrogens is 1. The van der Waals surface area contributed by atoms with Gasteiger partial charge in [0.2, 0.25) is 5.95 Å². The molecule has 0 aliphatic carbocycles. The second kappa shape index (κ2) is 16.7. The summed E-state index contributed by atoms with van der Waals surface area (Å²) < 4.78 is 19.0. The highest BCUT2D eigenvalue weighted by Gasteiger charge is 2.37. The van der Waals surface area contributed by atoms with Crippen molar-refractivity contribution < 1.29 is 28.8 Å². The predicted octanol–water partition coefficient (Wildman–Crippen LogP) is 1.53. The maximum Gasteiger partial charge on any atom is 0.407 e. The lowest BCUT2D eigenvalue weighted by atomic mass is 9.89. The molecule has 2 aromatic rings. The van der Waals surface area contributed by atoms with Crippen molar-refractivity contribution >= 4 is 57.5 Å². The van der Waals surface area contributed by atoms with Crippen LogP contribution in [0.3, 0.4) is 0 Å². The van der Waals surface area contributed by atoms with E-state index in [1.54, 1.807) is 39.2 Å². The molecule has 0 spiro atoms. The number of Topliss-reactive ketones (excluding diaryl/α,β-unsaturated/α-hetero) is 1. The number of nitrogens with zero attached hydrogens (tertiary/aromatic N) is 2. The van der Waals surface area contributed by atoms with E-state index in [1.807, 2.05) is 6.92 Å². The molecule has 16 heteroatoms. The van der Waals surface area contributed by atoms with E-state index in [4.69, 9.17) is 25.0 Å². The Morgan fingerprint density at radius 1 is 1.37 bits per heavy atom. The van der Waals surface area contributed by atoms with Gasteiger partial charge in [0.15, 0.2) is 5.65 Å². The molecular formula is C25H37BN6O7S2. The first-order valence-electron chi connectivity index (χ1n) is 13.4. The van der Waals surface area contributed by atoms with E-state index in [9.17, 15) is 14.4 Å². The van der Waals surface area contributed by atoms with Crippen LogP contribution in [0.5, 0.6) is 0 Å². The minimum absolute atomic E-state index is 0.0165. The average molecular weight is 609 g/mol. The summed E-state index contributed by atoms with van der Waals surface area (Å²) in [5.41, 5.74) is 6.16. The lowest BCUT2D eigenvalue weighted by Gasteiger charge is -2.16. The van der Waals surface area contributed by atoms with E-state index >= 15 is 0 Å². The second-order valence-corrected chi connectivity index (χ2v) is 12.0. The molecule has 6 N–H and O–H groups in total. The van der Waals surface area contributed by atoms with E-state index in [0.29, 0.717) is 49.4 Å². The molecule has 41 heavy (non-hydrogen) atoms. The van der Waals surface area contributed by atoms with Gasteiger partial charge in [0.1, 0.15) is 18.6 Å². The van der Waals surface area contributed by atoms with Crippen LogP contribution in [0.2, 0.25) is 6.82 Å². The Morgan fingerprint density at radius 2 is 2.15 bits per heavy atom. The number of nitrogen functional groups attached to an aromatic ring is 1. The molecule has 0 radical (unpaired) electrons. The minimum Gasteiger partial charge on any atom is -0.449 e. The minimum atomic E-state index is -0.587. The molecule has 1 fully saturated rings. The number of hydrogen-bond donors (Lipinski definition) is 5. The smallest absolute Gasteiger partial charge is 0.407 e. The number of alkyl carbamates (subject to hydrolysis) is 1. The number of fused-ring (bicyclic) bond motifs is 1. The summed E-state index contributed by atoms with van der Waals surface area (Å²) >= 11 is 0. The second-order valence-electron chi connectivity index (χ2n) is 9.30. The molecule has 3 heterocycles. The summed E-state index contributed by atoms with van der Waals surface area (Å²) in [5.74, 6) is 7.26. The van der Waals surface area contributed by atoms with Crippen molar-refractivity contribution in [1.82, 2.24) is 25.1 Å². The summed E-state index contributed by atoms with van der Waals surface area (Å²) in [7, 11) is 2.67. The number of nitrogens with one attached hydrogen (secondary N) is 3. The van der Waals surface area contributed by atoms with Gasteiger partial charge in [0.25, 0.3) is 5.56 Å². The Balaban J connectivity index is 1.58. The fraction of sp³-hybridized carbons (Fsp3) is 0.600. The number of hydrogen-bond acceptors (Lipinski definition) is 12. The molecule has 1 aliphatic rings. The number of carbonyl (C=O) groups excluding carboxylic acids is 2. The standard InChI is InChI=1S/C25H37BN6O7S2/c1-4-18-19(37-10-7-16(2)33)14-20(39-18)32-15-17(21-22(32)30-24(27)31-23(21)34)6-5-8-28-25(35)38-11-13-41-40-12-9-29-26(3)36/h15,18-20,29,36H,4,7-14H2,1-3H3,(H,28,35)(H3,27,30,31,34)/t18-,19-,20-/m1/s1. The van der Waals surface area contributed by atoms with Gasteiger partial charge < -0.3 is 40.1 Å². The SMILES string of the molecule is CC[C@H]1O[C@@H](n2cc(C#CCNC(=O)OCCSSCCNB(C)O)c3c(=O)[nH]c(N)nc32)C[C@H]1OCCC(C)=O. The average Bonchev–Trinajstić information content (AvgIpc) is 3.48. The van der Waals surface area contributed by atoms with Crippen molar-refractivity contribution in [2.75, 3.05) is 43.5 Å². The van der Waals surface area contributed by atoms with Crippen LogP contribution in [0.25, 0.3) is 11.0 Å². The number of anilines is 1. The number of amides is 1. The van der Waals surface area contributed by atoms with Gasteiger partial charge in [0, 0.05) is 30.5 Å². The Morgan fingerprint density at radius 3 is 2.88 bits per heavy atom. The molecule has 0 bridgehead atoms. The van der Waals surface area contributed by atoms with E-state index < -0.39 is 24.9 Å². The van der Waals surface area contributed by atoms with Crippen molar-refractivity contribution in [3.05, 3.63) is 22.1 Å². The number of ether oxygens (including phenoxy) is 3. The first-order valence-corrected chi connectivity index (χ1v) is 15.9. The molecule has 224 valence electrons. The molecule has 3 rings (SSSR count). The molecule has 2 aromatic heterocycles. The summed E-state index contributed by atoms with van der Waals surface area (Å²) in [4.78, 5) is 42.9. The van der Waals surface area contributed by atoms with Crippen LogP contribution in [-0.2, 0) is 19.0 Å². The number of aromatic nitrogens is 3. The van der Waals surface area contributed by atoms with Crippen molar-refractivity contribution in [3.63, 3.8) is 0 Å². The quantitative estimate of drug-likeness (QED) is 0.0852. The summed E-state index contributed by atoms with van der Waals surface area (Å²) in [5, 5.41) is 14.9. The number of carbonyl (C=O) groups is 2. The van der Waals surface area contributed by atoms with E-state index in [1.165, 1.54) is 6.92 Å². The first-order chi connectivity index (χ1) is 19.7. The zero-order chi connectivity index (χ0) is 29.8. The molecule has 3 atom stereocenters. The van der Waals surface area contributed by atoms with Crippen LogP contribution in [0.4, 0.5) is 10.7 Å². The Kier molecular flexibility index (Phi) is 13.4. The van der Waals surface area contributed by atoms with Gasteiger partial charge in [-0.05, 0) is 26.7 Å². The highest BCUT2D eigenvalue weighted by molar-refractivity contribution is 8.76. The highest BCUT2D eigenvalue weighted by atomic mass is 33.1. The molecule has 1 saturated heterocycles. The van der Waals surface area contributed by atoms with Crippen molar-refractivity contribution in [1.29, 1.82) is 0 Å². The van der Waals surface area contributed by atoms with Gasteiger partial charge in [-0.3, -0.25) is 14.6 Å². The lowest BCUT2D eigenvalue weighted by Crippen LogP contribution is -2.32. The van der Waals surface area contributed by atoms with E-state index in [2.05, 4.69) is 32.4 Å². The maximum atomic E-state index is 12.8. The molecule has 0 saturated carbocycles. The third kappa shape index (κ3) is 10.3. The maximum absolute atomic E-state index is 12.8. The molecule has 13 nitrogen and oxygen atoms in total. The van der Waals surface area contributed by atoms with Crippen LogP contribution < -0.4 is 21.8 Å². The number of aromatic amines is 1. The number of ketones is 1. The van der Waals surface area contributed by atoms with Crippen molar-refractivity contribution in [3.8, 4) is 11.8 Å². The topological polar surface area (TPSA) is 183 Å². The molecule has 1 aliphatic heterocycles. The van der Waals surface area contributed by atoms with Gasteiger partial charge in [0.05, 0.1) is 36.3 Å². The fourth-order valence-corrected chi connectivity index (χ4v) is 5.90. The Labute approximate surface area is 246 Å². The third-order valence-electron chi connectivity index (χ3n) is 6.03. The van der Waals surface area contributed by atoms with Gasteiger partial charge >= 0.3 is 13.1 Å². The Bertz CT molecular complexity index is 1290. The molecular weight excluding hydrogens is 571 g/mol. The van der Waals surface area contributed by atoms with Gasteiger partial charge in [-0.1, -0.05) is 40.4 Å². The third-order valence-corrected chi connectivity index (χ3v) is 8.40. The summed E-state index contributed by atoms with van der Waals surface area (Å²) in [6, 6.07) is 0. The van der Waals surface area contributed by atoms with E-state index in [-0.39, 0.29) is 42.5 Å². The molecule has 0 aromatic carbocycles. The largest absolute Gasteiger partial charge is 0.449 e. The van der Waals surface area contributed by atoms with Crippen LogP contribution in [0, 0.1) is 11.8 Å². The summed E-state index contributed by atoms with van der Waals surface area (Å²) in [6.45, 7) is 6.45. The Hall–Kier alpha value is -2.68. The van der Waals surface area contributed by atoms with Crippen LogP contribution >= 0.6 is 21.6 Å². The summed E-state index contributed by atoms with van der Waals surface area (Å²) in [6.07, 6.45) is 1.80. The van der Waals surface area contributed by atoms with Crippen LogP contribution in [0.15, 0.2) is 11.0 Å². The fourth-order valence-electron chi connectivity index (χ4n) is 4.15. The first kappa shape index (κ1) is 32.8. The van der Waals surface area contributed by atoms with Crippen LogP contribution in [0.1, 0.15) is 44.9 Å². The van der Waals surface area contributed by atoms with Crippen molar-refractivity contribution in [2.24, 2.45) is 0 Å². The lowest BCUT2D eigenvalue weighted by molar-refractivity contribution is -0.119. The highest BCUT2D eigenvalue weighted by Crippen LogP contribution is 2.35. The number of rotatable bonds is 15. The van der Waals surface area contributed by atoms with E-state index in [0.717, 1.165) is 5.75 Å². The zero-order valence-electron chi connectivity index (χ0n) is 23.4. The zero-order valence-corrected chi connectivity index (χ0v) is 25.1. The molecule has 1 amide bonds. The van der Waals surface area contributed by atoms with Gasteiger partial charge in [-0.25, -0.2) is 4.79 Å². The monoisotopic (exact) mass is 608 g/mol. The van der Waals surface area contributed by atoms with Gasteiger partial charge in [-0.15, -0.1) is 0 Å². The predicted molar refractivity (Wildman–Crippen MR) is 162 cm³/mol.